The Balaban J connectivity index is 1.77. The van der Waals surface area contributed by atoms with Gasteiger partial charge in [-0.05, 0) is 25.9 Å². The van der Waals surface area contributed by atoms with Gasteiger partial charge < -0.3 is 5.73 Å². The lowest BCUT2D eigenvalue weighted by atomic mass is 10.0. The molecule has 0 aromatic heterocycles. The fourth-order valence-electron chi connectivity index (χ4n) is 1.72. The molecule has 0 spiro atoms. The van der Waals surface area contributed by atoms with Crippen LogP contribution >= 0.6 is 11.8 Å². The first-order chi connectivity index (χ1) is 5.36. The van der Waals surface area contributed by atoms with E-state index in [9.17, 15) is 0 Å². The smallest absolute Gasteiger partial charge is 0.0277 e. The molecule has 11 heavy (non-hydrogen) atoms. The monoisotopic (exact) mass is 172 g/mol. The van der Waals surface area contributed by atoms with E-state index in [-0.39, 0.29) is 0 Å². The highest BCUT2D eigenvalue weighted by Gasteiger charge is 2.27. The first-order valence-corrected chi connectivity index (χ1v) is 5.59. The molecule has 2 aliphatic heterocycles. The van der Waals surface area contributed by atoms with Gasteiger partial charge in [0.15, 0.2) is 0 Å². The molecule has 2 rings (SSSR count). The van der Waals surface area contributed by atoms with Gasteiger partial charge in [-0.1, -0.05) is 0 Å². The lowest BCUT2D eigenvalue weighted by molar-refractivity contribution is 0.172. The standard InChI is InChI=1S/C8H16N2S/c9-7-1-3-10(4-2-7)8-5-11-6-8/h7-8H,1-6,9H2. The van der Waals surface area contributed by atoms with Crippen LogP contribution in [-0.4, -0.2) is 41.6 Å². The van der Waals surface area contributed by atoms with Crippen LogP contribution in [0.15, 0.2) is 0 Å². The van der Waals surface area contributed by atoms with Gasteiger partial charge in [-0.25, -0.2) is 0 Å². The molecular weight excluding hydrogens is 156 g/mol. The summed E-state index contributed by atoms with van der Waals surface area (Å²) in [5.41, 5.74) is 5.82. The maximum absolute atomic E-state index is 5.82. The van der Waals surface area contributed by atoms with Crippen molar-refractivity contribution in [3.05, 3.63) is 0 Å². The molecule has 2 heterocycles. The van der Waals surface area contributed by atoms with Crippen molar-refractivity contribution in [1.29, 1.82) is 0 Å². The largest absolute Gasteiger partial charge is 0.328 e. The van der Waals surface area contributed by atoms with Crippen LogP contribution in [0.1, 0.15) is 12.8 Å². The first kappa shape index (κ1) is 7.90. The van der Waals surface area contributed by atoms with Gasteiger partial charge in [-0.3, -0.25) is 4.90 Å². The number of likely N-dealkylation sites (tertiary alicyclic amines) is 1. The van der Waals surface area contributed by atoms with E-state index in [2.05, 4.69) is 16.7 Å². The fourth-order valence-corrected chi connectivity index (χ4v) is 2.59. The predicted molar refractivity (Wildman–Crippen MR) is 49.9 cm³/mol. The van der Waals surface area contributed by atoms with Gasteiger partial charge in [-0.15, -0.1) is 0 Å². The first-order valence-electron chi connectivity index (χ1n) is 4.43. The van der Waals surface area contributed by atoms with Crippen molar-refractivity contribution in [1.82, 2.24) is 4.90 Å². The van der Waals surface area contributed by atoms with Crippen molar-refractivity contribution in [2.75, 3.05) is 24.6 Å². The maximum atomic E-state index is 5.82. The van der Waals surface area contributed by atoms with Gasteiger partial charge in [0, 0.05) is 23.6 Å². The van der Waals surface area contributed by atoms with Crippen LogP contribution in [0, 0.1) is 0 Å². The molecule has 2 N–H and O–H groups in total. The highest BCUT2D eigenvalue weighted by atomic mass is 32.2. The SMILES string of the molecule is NC1CCN(C2CSC2)CC1. The summed E-state index contributed by atoms with van der Waals surface area (Å²) in [5.74, 6) is 2.71. The van der Waals surface area contributed by atoms with Crippen LogP contribution in [-0.2, 0) is 0 Å². The van der Waals surface area contributed by atoms with Crippen molar-refractivity contribution in [2.45, 2.75) is 24.9 Å². The fraction of sp³-hybridized carbons (Fsp3) is 1.00. The molecule has 0 atom stereocenters. The summed E-state index contributed by atoms with van der Waals surface area (Å²) in [7, 11) is 0. The molecule has 0 radical (unpaired) electrons. The minimum absolute atomic E-state index is 0.485. The van der Waals surface area contributed by atoms with E-state index in [1.165, 1.54) is 37.4 Å². The number of thioether (sulfide) groups is 1. The topological polar surface area (TPSA) is 29.3 Å². The quantitative estimate of drug-likeness (QED) is 0.625. The van der Waals surface area contributed by atoms with Crippen LogP contribution < -0.4 is 5.73 Å². The number of rotatable bonds is 1. The zero-order valence-corrected chi connectivity index (χ0v) is 7.65. The van der Waals surface area contributed by atoms with E-state index < -0.39 is 0 Å². The number of hydrogen-bond donors (Lipinski definition) is 1. The Labute approximate surface area is 72.5 Å². The van der Waals surface area contributed by atoms with Gasteiger partial charge >= 0.3 is 0 Å². The van der Waals surface area contributed by atoms with Crippen molar-refractivity contribution < 1.29 is 0 Å². The summed E-state index contributed by atoms with van der Waals surface area (Å²) in [5, 5.41) is 0. The van der Waals surface area contributed by atoms with E-state index in [1.807, 2.05) is 0 Å². The molecule has 0 aromatic rings. The number of nitrogens with zero attached hydrogens (tertiary/aromatic N) is 1. The summed E-state index contributed by atoms with van der Waals surface area (Å²) in [6, 6.07) is 1.38. The highest BCUT2D eigenvalue weighted by molar-refractivity contribution is 8.00. The van der Waals surface area contributed by atoms with Gasteiger partial charge in [0.25, 0.3) is 0 Å². The molecule has 0 unspecified atom stereocenters. The Hall–Kier alpha value is 0.270. The lowest BCUT2D eigenvalue weighted by Crippen LogP contribution is -2.50. The summed E-state index contributed by atoms with van der Waals surface area (Å²) < 4.78 is 0. The van der Waals surface area contributed by atoms with Crippen LogP contribution in [0.2, 0.25) is 0 Å². The van der Waals surface area contributed by atoms with Gasteiger partial charge in [0.2, 0.25) is 0 Å². The lowest BCUT2D eigenvalue weighted by Gasteiger charge is -2.40. The van der Waals surface area contributed by atoms with E-state index in [0.29, 0.717) is 6.04 Å². The summed E-state index contributed by atoms with van der Waals surface area (Å²) in [4.78, 5) is 2.61. The minimum atomic E-state index is 0.485. The Morgan fingerprint density at radius 1 is 1.18 bits per heavy atom. The zero-order chi connectivity index (χ0) is 7.68. The summed E-state index contributed by atoms with van der Waals surface area (Å²) in [6.07, 6.45) is 2.42. The normalized spacial score (nSPS) is 30.3. The Kier molecular flexibility index (Phi) is 2.39. The second-order valence-corrected chi connectivity index (χ2v) is 4.64. The third-order valence-electron chi connectivity index (χ3n) is 2.71. The number of piperidine rings is 1. The van der Waals surface area contributed by atoms with Crippen molar-refractivity contribution >= 4 is 11.8 Å². The van der Waals surface area contributed by atoms with Crippen molar-refractivity contribution in [3.63, 3.8) is 0 Å². The molecule has 0 saturated carbocycles. The van der Waals surface area contributed by atoms with Crippen LogP contribution in [0.3, 0.4) is 0 Å². The third kappa shape index (κ3) is 1.71. The van der Waals surface area contributed by atoms with Gasteiger partial charge in [0.05, 0.1) is 0 Å². The van der Waals surface area contributed by atoms with Gasteiger partial charge in [-0.2, -0.15) is 11.8 Å². The second kappa shape index (κ2) is 3.33. The van der Waals surface area contributed by atoms with Crippen LogP contribution in [0.25, 0.3) is 0 Å². The molecule has 2 aliphatic rings. The van der Waals surface area contributed by atoms with E-state index >= 15 is 0 Å². The number of nitrogens with two attached hydrogens (primary N) is 1. The third-order valence-corrected chi connectivity index (χ3v) is 3.95. The molecule has 64 valence electrons. The Morgan fingerprint density at radius 2 is 1.82 bits per heavy atom. The predicted octanol–water partition coefficient (Wildman–Crippen LogP) is 0.525. The van der Waals surface area contributed by atoms with E-state index in [1.54, 1.807) is 0 Å². The number of hydrogen-bond acceptors (Lipinski definition) is 3. The molecule has 2 nitrogen and oxygen atoms in total. The van der Waals surface area contributed by atoms with Gasteiger partial charge in [0.1, 0.15) is 0 Å². The maximum Gasteiger partial charge on any atom is 0.0277 e. The average Bonchev–Trinajstić information content (AvgIpc) is 1.90. The molecule has 3 heteroatoms. The molecule has 0 bridgehead atoms. The minimum Gasteiger partial charge on any atom is -0.328 e. The Morgan fingerprint density at radius 3 is 2.27 bits per heavy atom. The molecule has 0 aliphatic carbocycles. The van der Waals surface area contributed by atoms with E-state index in [0.717, 1.165) is 6.04 Å². The summed E-state index contributed by atoms with van der Waals surface area (Å²) in [6.45, 7) is 2.48. The molecule has 2 saturated heterocycles. The van der Waals surface area contributed by atoms with Crippen molar-refractivity contribution in [3.8, 4) is 0 Å². The molecular formula is C8H16N2S. The molecule has 2 fully saturated rings. The van der Waals surface area contributed by atoms with Crippen LogP contribution in [0.4, 0.5) is 0 Å². The van der Waals surface area contributed by atoms with E-state index in [4.69, 9.17) is 5.73 Å². The summed E-state index contributed by atoms with van der Waals surface area (Å²) >= 11 is 2.07. The average molecular weight is 172 g/mol. The second-order valence-electron chi connectivity index (χ2n) is 3.56. The van der Waals surface area contributed by atoms with Crippen molar-refractivity contribution in [2.24, 2.45) is 5.73 Å². The zero-order valence-electron chi connectivity index (χ0n) is 6.83. The highest BCUT2D eigenvalue weighted by Crippen LogP contribution is 2.25. The van der Waals surface area contributed by atoms with Crippen LogP contribution in [0.5, 0.6) is 0 Å². The Bertz CT molecular complexity index is 128. The molecule has 0 amide bonds. The molecule has 0 aromatic carbocycles.